The molecule has 2 N–H and O–H groups in total. The Balaban J connectivity index is 2.20. The van der Waals surface area contributed by atoms with Crippen molar-refractivity contribution in [1.29, 1.82) is 0 Å². The van der Waals surface area contributed by atoms with Crippen molar-refractivity contribution in [3.8, 4) is 0 Å². The van der Waals surface area contributed by atoms with E-state index in [2.05, 4.69) is 0 Å². The van der Waals surface area contributed by atoms with E-state index < -0.39 is 12.4 Å². The Hall–Kier alpha value is 0.190. The van der Waals surface area contributed by atoms with Crippen LogP contribution >= 0.6 is 11.8 Å². The van der Waals surface area contributed by atoms with Crippen LogP contribution in [-0.4, -0.2) is 47.0 Å². The third-order valence-electron chi connectivity index (χ3n) is 1.57. The van der Waals surface area contributed by atoms with Crippen LogP contribution < -0.4 is 0 Å². The second-order valence-electron chi connectivity index (χ2n) is 2.63. The summed E-state index contributed by atoms with van der Waals surface area (Å²) < 4.78 is 10.4. The molecule has 1 aliphatic rings. The van der Waals surface area contributed by atoms with E-state index in [0.717, 1.165) is 11.5 Å². The number of rotatable bonds is 3. The predicted octanol–water partition coefficient (Wildman–Crippen LogP) is -0.208. The van der Waals surface area contributed by atoms with Crippen molar-refractivity contribution in [2.24, 2.45) is 0 Å². The van der Waals surface area contributed by atoms with Crippen molar-refractivity contribution in [2.75, 3.05) is 18.1 Å². The molecule has 2 atom stereocenters. The van der Waals surface area contributed by atoms with Gasteiger partial charge in [0.05, 0.1) is 6.61 Å². The first kappa shape index (κ1) is 10.3. The molecule has 0 saturated carbocycles. The molecule has 1 rings (SSSR count). The van der Waals surface area contributed by atoms with Gasteiger partial charge in [0.25, 0.3) is 0 Å². The molecule has 1 heterocycles. The molecule has 5 heteroatoms. The van der Waals surface area contributed by atoms with Crippen LogP contribution in [0.4, 0.5) is 0 Å². The van der Waals surface area contributed by atoms with Gasteiger partial charge in [-0.05, 0) is 6.92 Å². The van der Waals surface area contributed by atoms with Crippen LogP contribution in [0, 0.1) is 0 Å². The number of hydrogen-bond donors (Lipinski definition) is 2. The predicted molar refractivity (Wildman–Crippen MR) is 45.8 cm³/mol. The lowest BCUT2D eigenvalue weighted by Crippen LogP contribution is -2.35. The first-order valence-corrected chi connectivity index (χ1v) is 5.06. The van der Waals surface area contributed by atoms with Crippen molar-refractivity contribution >= 4 is 11.8 Å². The van der Waals surface area contributed by atoms with E-state index in [-0.39, 0.29) is 6.29 Å². The van der Waals surface area contributed by atoms with E-state index >= 15 is 0 Å². The van der Waals surface area contributed by atoms with Crippen LogP contribution in [0.3, 0.4) is 0 Å². The summed E-state index contributed by atoms with van der Waals surface area (Å²) >= 11 is 1.74. The van der Waals surface area contributed by atoms with Crippen LogP contribution in [0.5, 0.6) is 0 Å². The van der Waals surface area contributed by atoms with Gasteiger partial charge in [-0.2, -0.15) is 11.8 Å². The van der Waals surface area contributed by atoms with Gasteiger partial charge in [0.2, 0.25) is 0 Å². The van der Waals surface area contributed by atoms with Crippen molar-refractivity contribution in [1.82, 2.24) is 0 Å². The molecule has 1 fully saturated rings. The minimum Gasteiger partial charge on any atom is -0.366 e. The largest absolute Gasteiger partial charge is 0.366 e. The Bertz CT molecular complexity index is 125. The second-order valence-corrected chi connectivity index (χ2v) is 3.78. The van der Waals surface area contributed by atoms with Crippen molar-refractivity contribution in [3.05, 3.63) is 0 Å². The van der Waals surface area contributed by atoms with E-state index in [9.17, 15) is 0 Å². The van der Waals surface area contributed by atoms with Gasteiger partial charge in [-0.25, -0.2) is 0 Å². The van der Waals surface area contributed by atoms with Gasteiger partial charge in [-0.1, -0.05) is 0 Å². The van der Waals surface area contributed by atoms with E-state index in [1.54, 1.807) is 18.7 Å². The summed E-state index contributed by atoms with van der Waals surface area (Å²) in [5.74, 6) is 1.74. The fraction of sp³-hybridized carbons (Fsp3) is 1.00. The average Bonchev–Trinajstić information content (AvgIpc) is 2.06. The van der Waals surface area contributed by atoms with Gasteiger partial charge in [-0.3, -0.25) is 0 Å². The molecule has 0 aromatic carbocycles. The highest BCUT2D eigenvalue weighted by Crippen LogP contribution is 2.15. The zero-order valence-electron chi connectivity index (χ0n) is 6.97. The normalized spacial score (nSPS) is 27.5. The van der Waals surface area contributed by atoms with Gasteiger partial charge < -0.3 is 19.7 Å². The molecule has 1 aliphatic heterocycles. The molecule has 0 bridgehead atoms. The van der Waals surface area contributed by atoms with E-state index in [4.69, 9.17) is 19.7 Å². The number of aliphatic hydroxyl groups is 2. The summed E-state index contributed by atoms with van der Waals surface area (Å²) in [4.78, 5) is 0. The molecule has 72 valence electrons. The SMILES string of the molecule is CC(OC1CSCCO1)C(O)O. The maximum Gasteiger partial charge on any atom is 0.178 e. The molecular formula is C7H14O4S. The van der Waals surface area contributed by atoms with Crippen molar-refractivity contribution < 1.29 is 19.7 Å². The highest BCUT2D eigenvalue weighted by atomic mass is 32.2. The Morgan fingerprint density at radius 2 is 2.33 bits per heavy atom. The number of ether oxygens (including phenoxy) is 2. The summed E-state index contributed by atoms with van der Waals surface area (Å²) in [6.07, 6.45) is -2.31. The average molecular weight is 194 g/mol. The third kappa shape index (κ3) is 3.28. The Kier molecular flexibility index (Phi) is 4.31. The summed E-state index contributed by atoms with van der Waals surface area (Å²) in [7, 11) is 0. The third-order valence-corrected chi connectivity index (χ3v) is 2.53. The van der Waals surface area contributed by atoms with Crippen LogP contribution in [-0.2, 0) is 9.47 Å². The molecule has 2 unspecified atom stereocenters. The zero-order valence-corrected chi connectivity index (χ0v) is 7.79. The van der Waals surface area contributed by atoms with Gasteiger partial charge in [0.15, 0.2) is 12.6 Å². The minimum absolute atomic E-state index is 0.291. The van der Waals surface area contributed by atoms with Crippen molar-refractivity contribution in [2.45, 2.75) is 25.6 Å². The molecule has 0 amide bonds. The minimum atomic E-state index is -1.43. The Morgan fingerprint density at radius 1 is 1.58 bits per heavy atom. The van der Waals surface area contributed by atoms with Gasteiger partial charge in [0, 0.05) is 11.5 Å². The summed E-state index contributed by atoms with van der Waals surface area (Å²) in [6, 6.07) is 0. The van der Waals surface area contributed by atoms with Gasteiger partial charge in [0.1, 0.15) is 6.10 Å². The van der Waals surface area contributed by atoms with Gasteiger partial charge in [-0.15, -0.1) is 0 Å². The van der Waals surface area contributed by atoms with E-state index in [0.29, 0.717) is 6.61 Å². The number of hydrogen-bond acceptors (Lipinski definition) is 5. The first-order chi connectivity index (χ1) is 5.70. The lowest BCUT2D eigenvalue weighted by atomic mass is 10.4. The fourth-order valence-electron chi connectivity index (χ4n) is 0.854. The molecule has 0 radical (unpaired) electrons. The molecule has 0 aromatic heterocycles. The van der Waals surface area contributed by atoms with Crippen LogP contribution in [0.15, 0.2) is 0 Å². The zero-order chi connectivity index (χ0) is 8.97. The Labute approximate surface area is 75.9 Å². The number of thioether (sulfide) groups is 1. The molecular weight excluding hydrogens is 180 g/mol. The van der Waals surface area contributed by atoms with Crippen LogP contribution in [0.25, 0.3) is 0 Å². The monoisotopic (exact) mass is 194 g/mol. The van der Waals surface area contributed by atoms with Crippen molar-refractivity contribution in [3.63, 3.8) is 0 Å². The maximum absolute atomic E-state index is 8.72. The second kappa shape index (κ2) is 5.04. The van der Waals surface area contributed by atoms with E-state index in [1.165, 1.54) is 0 Å². The topological polar surface area (TPSA) is 58.9 Å². The highest BCUT2D eigenvalue weighted by Gasteiger charge is 2.20. The van der Waals surface area contributed by atoms with Crippen LogP contribution in [0.2, 0.25) is 0 Å². The quantitative estimate of drug-likeness (QED) is 0.609. The fourth-order valence-corrected chi connectivity index (χ4v) is 1.60. The molecule has 4 nitrogen and oxygen atoms in total. The molecule has 0 aromatic rings. The lowest BCUT2D eigenvalue weighted by Gasteiger charge is -2.26. The molecule has 12 heavy (non-hydrogen) atoms. The van der Waals surface area contributed by atoms with Gasteiger partial charge >= 0.3 is 0 Å². The summed E-state index contributed by atoms with van der Waals surface area (Å²) in [5, 5.41) is 17.4. The highest BCUT2D eigenvalue weighted by molar-refractivity contribution is 7.99. The van der Waals surface area contributed by atoms with E-state index in [1.807, 2.05) is 0 Å². The number of aliphatic hydroxyl groups excluding tert-OH is 1. The summed E-state index contributed by atoms with van der Waals surface area (Å²) in [6.45, 7) is 2.27. The Morgan fingerprint density at radius 3 is 2.83 bits per heavy atom. The lowest BCUT2D eigenvalue weighted by molar-refractivity contribution is -0.213. The smallest absolute Gasteiger partial charge is 0.178 e. The standard InChI is InChI=1S/C7H14O4S/c1-5(7(8)9)11-6-4-12-3-2-10-6/h5-9H,2-4H2,1H3. The summed E-state index contributed by atoms with van der Waals surface area (Å²) in [5.41, 5.74) is 0. The molecule has 1 saturated heterocycles. The first-order valence-electron chi connectivity index (χ1n) is 3.91. The maximum atomic E-state index is 8.72. The molecule has 0 spiro atoms. The van der Waals surface area contributed by atoms with Crippen LogP contribution in [0.1, 0.15) is 6.92 Å². The molecule has 0 aliphatic carbocycles.